The van der Waals surface area contributed by atoms with Crippen LogP contribution < -0.4 is 10.6 Å². The third kappa shape index (κ3) is 6.44. The maximum atomic E-state index is 11.3. The molecule has 0 aliphatic heterocycles. The summed E-state index contributed by atoms with van der Waals surface area (Å²) in [6.45, 7) is 5.20. The molecule has 0 bridgehead atoms. The van der Waals surface area contributed by atoms with Gasteiger partial charge in [0.25, 0.3) is 0 Å². The lowest BCUT2D eigenvalue weighted by molar-refractivity contribution is -0.120. The molecule has 0 aliphatic rings. The van der Waals surface area contributed by atoms with Crippen LogP contribution in [0.15, 0.2) is 0 Å². The first-order chi connectivity index (χ1) is 6.74. The van der Waals surface area contributed by atoms with Crippen molar-refractivity contribution in [2.45, 2.75) is 39.2 Å². The van der Waals surface area contributed by atoms with Crippen molar-refractivity contribution in [1.29, 1.82) is 5.26 Å². The van der Waals surface area contributed by atoms with Crippen molar-refractivity contribution in [3.63, 3.8) is 0 Å². The Labute approximate surface area is 85.7 Å². The molecule has 1 atom stereocenters. The second-order valence-corrected chi connectivity index (χ2v) is 3.21. The third-order valence-electron chi connectivity index (χ3n) is 1.91. The Morgan fingerprint density at radius 2 is 2.21 bits per heavy atom. The van der Waals surface area contributed by atoms with E-state index in [1.807, 2.05) is 6.92 Å². The number of nitriles is 1. The molecule has 0 aromatic heterocycles. The SMILES string of the molecule is CCCNCC(=O)NC(CC)CC#N. The quantitative estimate of drug-likeness (QED) is 0.593. The van der Waals surface area contributed by atoms with Gasteiger partial charge in [-0.2, -0.15) is 5.26 Å². The molecule has 1 unspecified atom stereocenters. The average Bonchev–Trinajstić information content (AvgIpc) is 2.17. The van der Waals surface area contributed by atoms with E-state index in [0.29, 0.717) is 13.0 Å². The van der Waals surface area contributed by atoms with E-state index in [4.69, 9.17) is 5.26 Å². The number of hydrogen-bond donors (Lipinski definition) is 2. The molecule has 80 valence electrons. The number of carbonyl (C=O) groups excluding carboxylic acids is 1. The summed E-state index contributed by atoms with van der Waals surface area (Å²) in [6.07, 6.45) is 2.20. The molecule has 0 rings (SSSR count). The minimum absolute atomic E-state index is 0.00377. The number of nitrogens with zero attached hydrogens (tertiary/aromatic N) is 1. The van der Waals surface area contributed by atoms with Gasteiger partial charge in [0.05, 0.1) is 19.0 Å². The smallest absolute Gasteiger partial charge is 0.234 e. The van der Waals surface area contributed by atoms with Gasteiger partial charge in [0.2, 0.25) is 5.91 Å². The van der Waals surface area contributed by atoms with Gasteiger partial charge in [-0.3, -0.25) is 4.79 Å². The molecule has 0 aromatic carbocycles. The van der Waals surface area contributed by atoms with Crippen molar-refractivity contribution < 1.29 is 4.79 Å². The van der Waals surface area contributed by atoms with E-state index >= 15 is 0 Å². The van der Waals surface area contributed by atoms with E-state index in [1.54, 1.807) is 0 Å². The highest BCUT2D eigenvalue weighted by molar-refractivity contribution is 5.78. The molecule has 0 aliphatic carbocycles. The molecule has 0 fully saturated rings. The molecule has 0 saturated carbocycles. The molecular formula is C10H19N3O. The highest BCUT2D eigenvalue weighted by Gasteiger charge is 2.08. The van der Waals surface area contributed by atoms with Crippen molar-refractivity contribution in [1.82, 2.24) is 10.6 Å². The van der Waals surface area contributed by atoms with Crippen LogP contribution in [0.5, 0.6) is 0 Å². The highest BCUT2D eigenvalue weighted by Crippen LogP contribution is 1.94. The highest BCUT2D eigenvalue weighted by atomic mass is 16.1. The molecular weight excluding hydrogens is 178 g/mol. The van der Waals surface area contributed by atoms with Crippen LogP contribution in [0, 0.1) is 11.3 Å². The molecule has 4 heteroatoms. The minimum Gasteiger partial charge on any atom is -0.351 e. The fourth-order valence-corrected chi connectivity index (χ4v) is 1.07. The van der Waals surface area contributed by atoms with E-state index < -0.39 is 0 Å². The molecule has 2 N–H and O–H groups in total. The zero-order valence-corrected chi connectivity index (χ0v) is 8.97. The van der Waals surface area contributed by atoms with Gasteiger partial charge in [-0.05, 0) is 19.4 Å². The van der Waals surface area contributed by atoms with Gasteiger partial charge in [0, 0.05) is 6.04 Å². The number of rotatable bonds is 7. The summed E-state index contributed by atoms with van der Waals surface area (Å²) in [5.74, 6) is -0.0273. The van der Waals surface area contributed by atoms with E-state index in [2.05, 4.69) is 23.6 Å². The minimum atomic E-state index is -0.0273. The van der Waals surface area contributed by atoms with E-state index in [1.165, 1.54) is 0 Å². The second kappa shape index (κ2) is 8.52. The monoisotopic (exact) mass is 197 g/mol. The summed E-state index contributed by atoms with van der Waals surface area (Å²) in [5.41, 5.74) is 0. The molecule has 14 heavy (non-hydrogen) atoms. The van der Waals surface area contributed by atoms with Crippen LogP contribution in [0.2, 0.25) is 0 Å². The zero-order chi connectivity index (χ0) is 10.8. The zero-order valence-electron chi connectivity index (χ0n) is 8.97. The Morgan fingerprint density at radius 1 is 1.50 bits per heavy atom. The lowest BCUT2D eigenvalue weighted by Crippen LogP contribution is -2.40. The Hall–Kier alpha value is -1.08. The predicted octanol–water partition coefficient (Wildman–Crippen LogP) is 0.794. The fraction of sp³-hybridized carbons (Fsp3) is 0.800. The van der Waals surface area contributed by atoms with Gasteiger partial charge in [0.15, 0.2) is 0 Å². The summed E-state index contributed by atoms with van der Waals surface area (Å²) in [4.78, 5) is 11.3. The largest absolute Gasteiger partial charge is 0.351 e. The van der Waals surface area contributed by atoms with Crippen molar-refractivity contribution in [2.24, 2.45) is 0 Å². The Kier molecular flexibility index (Phi) is 7.86. The first-order valence-electron chi connectivity index (χ1n) is 5.11. The molecule has 0 heterocycles. The van der Waals surface area contributed by atoms with Gasteiger partial charge in [-0.1, -0.05) is 13.8 Å². The molecule has 4 nitrogen and oxygen atoms in total. The second-order valence-electron chi connectivity index (χ2n) is 3.21. The summed E-state index contributed by atoms with van der Waals surface area (Å²) in [7, 11) is 0. The van der Waals surface area contributed by atoms with E-state index in [0.717, 1.165) is 19.4 Å². The summed E-state index contributed by atoms with van der Waals surface area (Å²) < 4.78 is 0. The van der Waals surface area contributed by atoms with Crippen LogP contribution in [-0.4, -0.2) is 25.0 Å². The van der Waals surface area contributed by atoms with Crippen LogP contribution in [0.25, 0.3) is 0 Å². The summed E-state index contributed by atoms with van der Waals surface area (Å²) >= 11 is 0. The van der Waals surface area contributed by atoms with E-state index in [9.17, 15) is 4.79 Å². The van der Waals surface area contributed by atoms with Crippen LogP contribution in [0.4, 0.5) is 0 Å². The number of hydrogen-bond acceptors (Lipinski definition) is 3. The normalized spacial score (nSPS) is 11.8. The van der Waals surface area contributed by atoms with Gasteiger partial charge in [0.1, 0.15) is 0 Å². The number of nitrogens with one attached hydrogen (secondary N) is 2. The van der Waals surface area contributed by atoms with Gasteiger partial charge in [-0.25, -0.2) is 0 Å². The average molecular weight is 197 g/mol. The Balaban J connectivity index is 3.63. The third-order valence-corrected chi connectivity index (χ3v) is 1.91. The number of amides is 1. The first kappa shape index (κ1) is 12.9. The number of carbonyl (C=O) groups is 1. The Bertz CT molecular complexity index is 198. The van der Waals surface area contributed by atoms with Gasteiger partial charge in [-0.15, -0.1) is 0 Å². The fourth-order valence-electron chi connectivity index (χ4n) is 1.07. The van der Waals surface area contributed by atoms with Crippen molar-refractivity contribution in [3.8, 4) is 6.07 Å². The van der Waals surface area contributed by atoms with Gasteiger partial charge >= 0.3 is 0 Å². The maximum absolute atomic E-state index is 11.3. The maximum Gasteiger partial charge on any atom is 0.234 e. The van der Waals surface area contributed by atoms with Crippen LogP contribution in [-0.2, 0) is 4.79 Å². The van der Waals surface area contributed by atoms with Crippen LogP contribution >= 0.6 is 0 Å². The van der Waals surface area contributed by atoms with Crippen molar-refractivity contribution >= 4 is 5.91 Å². The standard InChI is InChI=1S/C10H19N3O/c1-3-7-12-8-10(14)13-9(4-2)5-6-11/h9,12H,3-5,7-8H2,1-2H3,(H,13,14). The molecule has 0 spiro atoms. The molecule has 0 saturated heterocycles. The molecule has 0 radical (unpaired) electrons. The van der Waals surface area contributed by atoms with Crippen molar-refractivity contribution in [3.05, 3.63) is 0 Å². The lowest BCUT2D eigenvalue weighted by atomic mass is 10.1. The molecule has 1 amide bonds. The van der Waals surface area contributed by atoms with Crippen LogP contribution in [0.3, 0.4) is 0 Å². The lowest BCUT2D eigenvalue weighted by Gasteiger charge is -2.13. The summed E-state index contributed by atoms with van der Waals surface area (Å²) in [5, 5.41) is 14.3. The Morgan fingerprint density at radius 3 is 2.71 bits per heavy atom. The predicted molar refractivity (Wildman–Crippen MR) is 55.6 cm³/mol. The van der Waals surface area contributed by atoms with Crippen LogP contribution in [0.1, 0.15) is 33.1 Å². The van der Waals surface area contributed by atoms with Crippen molar-refractivity contribution in [2.75, 3.05) is 13.1 Å². The first-order valence-corrected chi connectivity index (χ1v) is 5.11. The molecule has 0 aromatic rings. The topological polar surface area (TPSA) is 64.9 Å². The van der Waals surface area contributed by atoms with E-state index in [-0.39, 0.29) is 11.9 Å². The summed E-state index contributed by atoms with van der Waals surface area (Å²) in [6, 6.07) is 2.05. The van der Waals surface area contributed by atoms with Gasteiger partial charge < -0.3 is 10.6 Å².